The number of hydrogen-bond acceptors (Lipinski definition) is 5. The van der Waals surface area contributed by atoms with Gasteiger partial charge in [0.1, 0.15) is 0 Å². The van der Waals surface area contributed by atoms with Crippen molar-refractivity contribution in [1.82, 2.24) is 5.32 Å². The van der Waals surface area contributed by atoms with Crippen LogP contribution in [0.3, 0.4) is 0 Å². The van der Waals surface area contributed by atoms with Crippen LogP contribution in [0.4, 0.5) is 0 Å². The Bertz CT molecular complexity index is 424. The predicted octanol–water partition coefficient (Wildman–Crippen LogP) is 2.49. The molecule has 1 aromatic carbocycles. The Morgan fingerprint density at radius 2 is 2.00 bits per heavy atom. The van der Waals surface area contributed by atoms with E-state index >= 15 is 0 Å². The minimum absolute atomic E-state index is 0.377. The van der Waals surface area contributed by atoms with Crippen molar-refractivity contribution in [1.29, 1.82) is 0 Å². The second kappa shape index (κ2) is 8.86. The fourth-order valence-corrected chi connectivity index (χ4v) is 2.54. The molecule has 1 fully saturated rings. The molecule has 1 N–H and O–H groups in total. The molecular formula is C17H27NO4. The first-order valence-corrected chi connectivity index (χ1v) is 7.90. The number of rotatable bonds is 9. The molecule has 1 aromatic rings. The number of ether oxygens (including phenoxy) is 4. The zero-order valence-corrected chi connectivity index (χ0v) is 13.8. The van der Waals surface area contributed by atoms with E-state index in [1.807, 2.05) is 18.2 Å². The van der Waals surface area contributed by atoms with Gasteiger partial charge >= 0.3 is 0 Å². The predicted molar refractivity (Wildman–Crippen MR) is 86.0 cm³/mol. The summed E-state index contributed by atoms with van der Waals surface area (Å²) < 4.78 is 22.2. The third kappa shape index (κ3) is 4.78. The number of nitrogens with one attached hydrogen (secondary N) is 1. The molecule has 0 saturated carbocycles. The van der Waals surface area contributed by atoms with Crippen molar-refractivity contribution in [3.05, 3.63) is 18.2 Å². The maximum absolute atomic E-state index is 5.91. The van der Waals surface area contributed by atoms with Gasteiger partial charge in [0.2, 0.25) is 5.75 Å². The Labute approximate surface area is 132 Å². The Balaban J connectivity index is 1.76. The van der Waals surface area contributed by atoms with Gasteiger partial charge in [-0.15, -0.1) is 0 Å². The third-order valence-corrected chi connectivity index (χ3v) is 3.78. The second-order valence-corrected chi connectivity index (χ2v) is 5.70. The first-order valence-electron chi connectivity index (χ1n) is 7.90. The van der Waals surface area contributed by atoms with Gasteiger partial charge in [-0.05, 0) is 25.0 Å². The van der Waals surface area contributed by atoms with Crippen LogP contribution in [0.5, 0.6) is 17.2 Å². The fourth-order valence-electron chi connectivity index (χ4n) is 2.54. The highest BCUT2D eigenvalue weighted by molar-refractivity contribution is 5.51. The van der Waals surface area contributed by atoms with E-state index in [2.05, 4.69) is 12.2 Å². The standard InChI is InChI=1S/C17H27NO4/c1-13(10-18-11-14-6-5-9-21-14)12-22-17-15(19-2)7-4-8-16(17)20-3/h4,7-8,13-14,18H,5-6,9-12H2,1-3H3/t13-,14+/m1/s1. The molecule has 5 heteroatoms. The van der Waals surface area contributed by atoms with Crippen LogP contribution < -0.4 is 19.5 Å². The van der Waals surface area contributed by atoms with Gasteiger partial charge < -0.3 is 24.3 Å². The lowest BCUT2D eigenvalue weighted by atomic mass is 10.2. The van der Waals surface area contributed by atoms with Crippen molar-refractivity contribution in [2.45, 2.75) is 25.9 Å². The van der Waals surface area contributed by atoms with Crippen LogP contribution in [0.2, 0.25) is 0 Å². The van der Waals surface area contributed by atoms with Gasteiger partial charge in [0.15, 0.2) is 11.5 Å². The lowest BCUT2D eigenvalue weighted by molar-refractivity contribution is 0.108. The summed E-state index contributed by atoms with van der Waals surface area (Å²) in [4.78, 5) is 0. The summed E-state index contributed by atoms with van der Waals surface area (Å²) >= 11 is 0. The number of hydrogen-bond donors (Lipinski definition) is 1. The van der Waals surface area contributed by atoms with E-state index in [4.69, 9.17) is 18.9 Å². The molecule has 0 aromatic heterocycles. The quantitative estimate of drug-likeness (QED) is 0.759. The average molecular weight is 309 g/mol. The molecule has 2 rings (SSSR count). The smallest absolute Gasteiger partial charge is 0.203 e. The Hall–Kier alpha value is -1.46. The Morgan fingerprint density at radius 1 is 1.27 bits per heavy atom. The van der Waals surface area contributed by atoms with E-state index in [0.717, 1.165) is 26.1 Å². The summed E-state index contributed by atoms with van der Waals surface area (Å²) in [6, 6.07) is 5.63. The van der Waals surface area contributed by atoms with Gasteiger partial charge in [0.25, 0.3) is 0 Å². The summed E-state index contributed by atoms with van der Waals surface area (Å²) in [7, 11) is 3.27. The highest BCUT2D eigenvalue weighted by Crippen LogP contribution is 2.36. The fraction of sp³-hybridized carbons (Fsp3) is 0.647. The minimum atomic E-state index is 0.377. The lowest BCUT2D eigenvalue weighted by Gasteiger charge is -2.18. The molecule has 124 valence electrons. The summed E-state index contributed by atoms with van der Waals surface area (Å²) in [6.07, 6.45) is 2.72. The SMILES string of the molecule is COc1cccc(OC)c1OC[C@H](C)CNC[C@@H]1CCCO1. The van der Waals surface area contributed by atoms with E-state index in [9.17, 15) is 0 Å². The van der Waals surface area contributed by atoms with Crippen LogP contribution in [0.25, 0.3) is 0 Å². The largest absolute Gasteiger partial charge is 0.493 e. The molecule has 1 aliphatic rings. The van der Waals surface area contributed by atoms with Gasteiger partial charge in [-0.3, -0.25) is 0 Å². The highest BCUT2D eigenvalue weighted by Gasteiger charge is 2.16. The third-order valence-electron chi connectivity index (χ3n) is 3.78. The van der Waals surface area contributed by atoms with Crippen molar-refractivity contribution < 1.29 is 18.9 Å². The Kier molecular flexibility index (Phi) is 6.80. The molecule has 1 aliphatic heterocycles. The Morgan fingerprint density at radius 3 is 2.59 bits per heavy atom. The summed E-state index contributed by atoms with van der Waals surface area (Å²) in [5.74, 6) is 2.44. The maximum atomic E-state index is 5.91. The monoisotopic (exact) mass is 309 g/mol. The second-order valence-electron chi connectivity index (χ2n) is 5.70. The van der Waals surface area contributed by atoms with Crippen molar-refractivity contribution >= 4 is 0 Å². The van der Waals surface area contributed by atoms with Crippen LogP contribution in [0.15, 0.2) is 18.2 Å². The molecule has 2 atom stereocenters. The van der Waals surface area contributed by atoms with E-state index < -0.39 is 0 Å². The first-order chi connectivity index (χ1) is 10.7. The van der Waals surface area contributed by atoms with Gasteiger partial charge in [-0.1, -0.05) is 13.0 Å². The molecule has 0 unspecified atom stereocenters. The molecule has 0 aliphatic carbocycles. The molecule has 0 bridgehead atoms. The molecule has 1 heterocycles. The first kappa shape index (κ1) is 16.9. The van der Waals surface area contributed by atoms with Crippen molar-refractivity contribution in [3.8, 4) is 17.2 Å². The molecule has 22 heavy (non-hydrogen) atoms. The van der Waals surface area contributed by atoms with E-state index in [1.165, 1.54) is 6.42 Å². The number of methoxy groups -OCH3 is 2. The van der Waals surface area contributed by atoms with Crippen LogP contribution in [-0.2, 0) is 4.74 Å². The normalized spacial score (nSPS) is 19.0. The average Bonchev–Trinajstić information content (AvgIpc) is 3.05. The minimum Gasteiger partial charge on any atom is -0.493 e. The topological polar surface area (TPSA) is 49.0 Å². The van der Waals surface area contributed by atoms with Crippen molar-refractivity contribution in [3.63, 3.8) is 0 Å². The molecular weight excluding hydrogens is 282 g/mol. The molecule has 0 spiro atoms. The lowest BCUT2D eigenvalue weighted by Crippen LogP contribution is -2.31. The van der Waals surface area contributed by atoms with E-state index in [1.54, 1.807) is 14.2 Å². The van der Waals surface area contributed by atoms with Gasteiger partial charge in [-0.25, -0.2) is 0 Å². The highest BCUT2D eigenvalue weighted by atomic mass is 16.5. The number of benzene rings is 1. The van der Waals surface area contributed by atoms with Gasteiger partial charge in [0.05, 0.1) is 26.9 Å². The van der Waals surface area contributed by atoms with Crippen LogP contribution in [0.1, 0.15) is 19.8 Å². The van der Waals surface area contributed by atoms with Crippen LogP contribution >= 0.6 is 0 Å². The molecule has 1 saturated heterocycles. The molecule has 5 nitrogen and oxygen atoms in total. The van der Waals surface area contributed by atoms with Gasteiger partial charge in [0, 0.05) is 25.6 Å². The van der Waals surface area contributed by atoms with Gasteiger partial charge in [-0.2, -0.15) is 0 Å². The number of para-hydroxylation sites is 1. The maximum Gasteiger partial charge on any atom is 0.203 e. The van der Waals surface area contributed by atoms with Crippen LogP contribution in [0, 0.1) is 5.92 Å². The molecule has 0 radical (unpaired) electrons. The molecule has 0 amide bonds. The zero-order chi connectivity index (χ0) is 15.8. The van der Waals surface area contributed by atoms with E-state index in [-0.39, 0.29) is 0 Å². The summed E-state index contributed by atoms with van der Waals surface area (Å²) in [5.41, 5.74) is 0. The zero-order valence-electron chi connectivity index (χ0n) is 13.8. The summed E-state index contributed by atoms with van der Waals surface area (Å²) in [5, 5.41) is 3.45. The summed E-state index contributed by atoms with van der Waals surface area (Å²) in [6.45, 7) is 5.48. The van der Waals surface area contributed by atoms with Crippen LogP contribution in [-0.4, -0.2) is 46.6 Å². The van der Waals surface area contributed by atoms with Crippen molar-refractivity contribution in [2.75, 3.05) is 40.5 Å². The van der Waals surface area contributed by atoms with E-state index in [0.29, 0.717) is 35.9 Å². The van der Waals surface area contributed by atoms with Crippen molar-refractivity contribution in [2.24, 2.45) is 5.92 Å².